The van der Waals surface area contributed by atoms with E-state index in [1.54, 1.807) is 0 Å². The fourth-order valence-electron chi connectivity index (χ4n) is 3.14. The van der Waals surface area contributed by atoms with Gasteiger partial charge in [0.2, 0.25) is 0 Å². The number of aliphatic hydroxyl groups excluding tert-OH is 1. The first-order chi connectivity index (χ1) is 13.3. The predicted octanol–water partition coefficient (Wildman–Crippen LogP) is 5.92. The molecule has 0 unspecified atom stereocenters. The first-order valence-corrected chi connectivity index (χ1v) is 9.38. The van der Waals surface area contributed by atoms with Crippen LogP contribution in [0.1, 0.15) is 22.1 Å². The molecule has 0 saturated heterocycles. The van der Waals surface area contributed by atoms with Gasteiger partial charge in [0.15, 0.2) is 0 Å². The Morgan fingerprint density at radius 3 is 1.96 bits per heavy atom. The van der Waals surface area contributed by atoms with Gasteiger partial charge in [0, 0.05) is 0 Å². The number of nitrogens with zero attached hydrogens (tertiary/aromatic N) is 2. The Labute approximate surface area is 161 Å². The second-order valence-corrected chi connectivity index (χ2v) is 7.14. The Hall–Kier alpha value is -3.42. The van der Waals surface area contributed by atoms with Crippen LogP contribution >= 0.6 is 11.3 Å². The predicted molar refractivity (Wildman–Crippen MR) is 110 cm³/mol. The number of allylic oxidation sites excluding steroid dienone is 2. The molecule has 3 aromatic carbocycles. The van der Waals surface area contributed by atoms with Crippen molar-refractivity contribution in [1.29, 1.82) is 5.26 Å². The van der Waals surface area contributed by atoms with E-state index < -0.39 is 5.92 Å². The number of benzene rings is 3. The summed E-state index contributed by atoms with van der Waals surface area (Å²) >= 11 is 1.41. The average Bonchev–Trinajstić information content (AvgIpc) is 3.14. The molecule has 0 aliphatic carbocycles. The number of nitriles is 1. The smallest absolute Gasteiger partial charge is 0.138 e. The van der Waals surface area contributed by atoms with Crippen molar-refractivity contribution < 1.29 is 5.11 Å². The van der Waals surface area contributed by atoms with E-state index in [2.05, 4.69) is 11.1 Å². The summed E-state index contributed by atoms with van der Waals surface area (Å²) in [5, 5.41) is 21.5. The molecule has 0 bridgehead atoms. The van der Waals surface area contributed by atoms with E-state index in [1.165, 1.54) is 11.3 Å². The summed E-state index contributed by atoms with van der Waals surface area (Å²) in [5.74, 6) is -0.400. The van der Waals surface area contributed by atoms with E-state index >= 15 is 0 Å². The highest BCUT2D eigenvalue weighted by Gasteiger charge is 2.24. The number of para-hydroxylation sites is 1. The van der Waals surface area contributed by atoms with Gasteiger partial charge in [-0.15, -0.1) is 11.3 Å². The van der Waals surface area contributed by atoms with E-state index in [4.69, 9.17) is 0 Å². The SMILES string of the molecule is N#C/C(=C(/O)C(c1ccccc1)c1ccccc1)c1nc2ccccc2s1. The van der Waals surface area contributed by atoms with Gasteiger partial charge < -0.3 is 5.11 Å². The zero-order chi connectivity index (χ0) is 18.6. The van der Waals surface area contributed by atoms with Gasteiger partial charge in [0.1, 0.15) is 22.4 Å². The van der Waals surface area contributed by atoms with Gasteiger partial charge in [0.25, 0.3) is 0 Å². The Balaban J connectivity index is 1.90. The summed E-state index contributed by atoms with van der Waals surface area (Å²) in [4.78, 5) is 4.55. The van der Waals surface area contributed by atoms with Crippen LogP contribution in [0.15, 0.2) is 90.7 Å². The number of fused-ring (bicyclic) bond motifs is 1. The highest BCUT2D eigenvalue weighted by molar-refractivity contribution is 7.19. The Morgan fingerprint density at radius 2 is 1.41 bits per heavy atom. The van der Waals surface area contributed by atoms with Crippen molar-refractivity contribution in [3.8, 4) is 6.07 Å². The summed E-state index contributed by atoms with van der Waals surface area (Å²) in [6.45, 7) is 0. The molecule has 0 aliphatic rings. The van der Waals surface area contributed by atoms with Crippen molar-refractivity contribution in [3.63, 3.8) is 0 Å². The first kappa shape index (κ1) is 17.0. The third-order valence-corrected chi connectivity index (χ3v) is 5.47. The minimum absolute atomic E-state index is 0.0222. The van der Waals surface area contributed by atoms with Crippen molar-refractivity contribution >= 4 is 27.1 Å². The normalized spacial score (nSPS) is 12.0. The number of hydrogen-bond acceptors (Lipinski definition) is 4. The minimum Gasteiger partial charge on any atom is -0.510 e. The lowest BCUT2D eigenvalue weighted by molar-refractivity contribution is 0.385. The minimum atomic E-state index is -0.422. The van der Waals surface area contributed by atoms with Crippen LogP contribution < -0.4 is 0 Å². The lowest BCUT2D eigenvalue weighted by atomic mass is 9.88. The van der Waals surface area contributed by atoms with Crippen LogP contribution in [0.2, 0.25) is 0 Å². The third kappa shape index (κ3) is 3.33. The van der Waals surface area contributed by atoms with Crippen molar-refractivity contribution in [1.82, 2.24) is 4.98 Å². The maximum absolute atomic E-state index is 11.2. The van der Waals surface area contributed by atoms with Crippen LogP contribution in [0.25, 0.3) is 15.8 Å². The molecule has 4 aromatic rings. The van der Waals surface area contributed by atoms with E-state index in [1.807, 2.05) is 84.9 Å². The van der Waals surface area contributed by atoms with Crippen LogP contribution in [0.3, 0.4) is 0 Å². The summed E-state index contributed by atoms with van der Waals surface area (Å²) < 4.78 is 0.990. The molecular weight excluding hydrogens is 352 g/mol. The van der Waals surface area contributed by atoms with Crippen LogP contribution in [-0.2, 0) is 0 Å². The Morgan fingerprint density at radius 1 is 0.852 bits per heavy atom. The van der Waals surface area contributed by atoms with E-state index in [9.17, 15) is 10.4 Å². The van der Waals surface area contributed by atoms with Gasteiger partial charge in [-0.05, 0) is 23.3 Å². The molecule has 1 aromatic heterocycles. The molecule has 0 spiro atoms. The van der Waals surface area contributed by atoms with Gasteiger partial charge in [0.05, 0.1) is 16.1 Å². The molecule has 130 valence electrons. The standard InChI is InChI=1S/C23H16N2OS/c24-15-18(23-25-19-13-7-8-14-20(19)27-23)22(26)21(16-9-3-1-4-10-16)17-11-5-2-6-12-17/h1-14,21,26H/b22-18-. The van der Waals surface area contributed by atoms with Crippen molar-refractivity contribution in [3.05, 3.63) is 107 Å². The second kappa shape index (κ2) is 7.45. The Kier molecular flexibility index (Phi) is 4.69. The molecule has 3 nitrogen and oxygen atoms in total. The summed E-state index contributed by atoms with van der Waals surface area (Å²) in [6.07, 6.45) is 0. The number of hydrogen-bond donors (Lipinski definition) is 1. The number of aromatic nitrogens is 1. The summed E-state index contributed by atoms with van der Waals surface area (Å²) in [6, 6.07) is 29.3. The Bertz CT molecular complexity index is 1070. The molecule has 1 heterocycles. The van der Waals surface area contributed by atoms with Gasteiger partial charge in [-0.25, -0.2) is 4.98 Å². The number of rotatable bonds is 4. The third-order valence-electron chi connectivity index (χ3n) is 4.41. The van der Waals surface area contributed by atoms with Crippen molar-refractivity contribution in [2.24, 2.45) is 0 Å². The molecule has 0 aliphatic heterocycles. The van der Waals surface area contributed by atoms with Gasteiger partial charge in [-0.2, -0.15) is 5.26 Å². The van der Waals surface area contributed by atoms with E-state index in [0.29, 0.717) is 5.01 Å². The number of thiazole rings is 1. The van der Waals surface area contributed by atoms with Gasteiger partial charge >= 0.3 is 0 Å². The zero-order valence-electron chi connectivity index (χ0n) is 14.4. The molecule has 0 amide bonds. The molecule has 0 saturated carbocycles. The molecule has 4 rings (SSSR count). The van der Waals surface area contributed by atoms with E-state index in [0.717, 1.165) is 21.3 Å². The first-order valence-electron chi connectivity index (χ1n) is 8.57. The van der Waals surface area contributed by atoms with Crippen LogP contribution in [-0.4, -0.2) is 10.1 Å². The highest BCUT2D eigenvalue weighted by atomic mass is 32.1. The van der Waals surface area contributed by atoms with Crippen molar-refractivity contribution in [2.75, 3.05) is 0 Å². The monoisotopic (exact) mass is 368 g/mol. The summed E-state index contributed by atoms with van der Waals surface area (Å²) in [7, 11) is 0. The van der Waals surface area contributed by atoms with Crippen LogP contribution in [0.4, 0.5) is 0 Å². The molecular formula is C23H16N2OS. The van der Waals surface area contributed by atoms with Crippen LogP contribution in [0, 0.1) is 11.3 Å². The number of aliphatic hydroxyl groups is 1. The molecule has 1 N–H and O–H groups in total. The second-order valence-electron chi connectivity index (χ2n) is 6.11. The van der Waals surface area contributed by atoms with Crippen LogP contribution in [0.5, 0.6) is 0 Å². The average molecular weight is 368 g/mol. The van der Waals surface area contributed by atoms with Gasteiger partial charge in [-0.1, -0.05) is 72.8 Å². The van der Waals surface area contributed by atoms with Gasteiger partial charge in [-0.3, -0.25) is 0 Å². The zero-order valence-corrected chi connectivity index (χ0v) is 15.2. The highest BCUT2D eigenvalue weighted by Crippen LogP contribution is 2.36. The largest absolute Gasteiger partial charge is 0.510 e. The fourth-order valence-corrected chi connectivity index (χ4v) is 4.11. The molecule has 0 radical (unpaired) electrons. The molecule has 27 heavy (non-hydrogen) atoms. The fraction of sp³-hybridized carbons (Fsp3) is 0.0435. The molecule has 0 fully saturated rings. The maximum Gasteiger partial charge on any atom is 0.138 e. The lowest BCUT2D eigenvalue weighted by Gasteiger charge is -2.18. The maximum atomic E-state index is 11.2. The lowest BCUT2D eigenvalue weighted by Crippen LogP contribution is -2.06. The van der Waals surface area contributed by atoms with Crippen molar-refractivity contribution in [2.45, 2.75) is 5.92 Å². The quantitative estimate of drug-likeness (QED) is 0.359. The topological polar surface area (TPSA) is 56.9 Å². The molecule has 0 atom stereocenters. The van der Waals surface area contributed by atoms with E-state index in [-0.39, 0.29) is 11.3 Å². The summed E-state index contributed by atoms with van der Waals surface area (Å²) in [5.41, 5.74) is 2.90. The molecule has 4 heteroatoms.